The Balaban J connectivity index is 1.79. The molecule has 1 N–H and O–H groups in total. The van der Waals surface area contributed by atoms with Gasteiger partial charge in [0.05, 0.1) is 28.1 Å². The topological polar surface area (TPSA) is 46.5 Å². The molecule has 0 amide bonds. The van der Waals surface area contributed by atoms with Gasteiger partial charge in [-0.1, -0.05) is 17.7 Å². The molecule has 3 heterocycles. The molecule has 1 aliphatic heterocycles. The molecule has 26 heavy (non-hydrogen) atoms. The Kier molecular flexibility index (Phi) is 3.40. The van der Waals surface area contributed by atoms with Gasteiger partial charge in [0, 0.05) is 35.0 Å². The Labute approximate surface area is 154 Å². The minimum Gasteiger partial charge on any atom is -0.327 e. The molecule has 2 aromatic carbocycles. The highest BCUT2D eigenvalue weighted by Crippen LogP contribution is 2.40. The number of nitrogens with one attached hydrogen (secondary N) is 1. The van der Waals surface area contributed by atoms with Gasteiger partial charge in [-0.05, 0) is 37.6 Å². The van der Waals surface area contributed by atoms with Gasteiger partial charge in [-0.2, -0.15) is 5.10 Å². The van der Waals surface area contributed by atoms with Crippen LogP contribution in [-0.4, -0.2) is 19.7 Å². The number of nitrogens with zero attached hydrogens (tertiary/aromatic N) is 3. The van der Waals surface area contributed by atoms with Crippen LogP contribution in [0.15, 0.2) is 36.5 Å². The number of benzene rings is 2. The summed E-state index contributed by atoms with van der Waals surface area (Å²) in [5.41, 5.74) is 5.13. The molecular weight excluding hydrogens is 351 g/mol. The summed E-state index contributed by atoms with van der Waals surface area (Å²) in [6, 6.07) is 9.38. The van der Waals surface area contributed by atoms with Gasteiger partial charge in [0.25, 0.3) is 0 Å². The van der Waals surface area contributed by atoms with E-state index in [1.165, 1.54) is 6.07 Å². The van der Waals surface area contributed by atoms with Gasteiger partial charge in [-0.3, -0.25) is 5.10 Å². The summed E-state index contributed by atoms with van der Waals surface area (Å²) in [5.74, 6) is 0.757. The van der Waals surface area contributed by atoms with Crippen LogP contribution in [0.1, 0.15) is 17.8 Å². The van der Waals surface area contributed by atoms with E-state index >= 15 is 0 Å². The molecule has 1 aliphatic rings. The van der Waals surface area contributed by atoms with Crippen LogP contribution in [0.5, 0.6) is 0 Å². The largest absolute Gasteiger partial charge is 0.327 e. The average molecular weight is 367 g/mol. The van der Waals surface area contributed by atoms with Crippen molar-refractivity contribution in [3.63, 3.8) is 0 Å². The first kappa shape index (κ1) is 15.6. The molecule has 2 aromatic heterocycles. The van der Waals surface area contributed by atoms with Crippen LogP contribution >= 0.6 is 11.6 Å². The smallest absolute Gasteiger partial charge is 0.127 e. The highest BCUT2D eigenvalue weighted by atomic mass is 35.5. The molecule has 0 saturated carbocycles. The number of hydrogen-bond donors (Lipinski definition) is 1. The van der Waals surface area contributed by atoms with Crippen LogP contribution in [0, 0.1) is 12.7 Å². The second-order valence-corrected chi connectivity index (χ2v) is 7.06. The van der Waals surface area contributed by atoms with Crippen LogP contribution in [0.3, 0.4) is 0 Å². The fourth-order valence-electron chi connectivity index (χ4n) is 3.74. The van der Waals surface area contributed by atoms with Crippen molar-refractivity contribution in [2.45, 2.75) is 26.3 Å². The molecule has 0 spiro atoms. The normalized spacial score (nSPS) is 13.5. The highest BCUT2D eigenvalue weighted by Gasteiger charge is 2.25. The third-order valence-corrected chi connectivity index (χ3v) is 5.60. The summed E-state index contributed by atoms with van der Waals surface area (Å²) < 4.78 is 16.1. The Morgan fingerprint density at radius 2 is 2.12 bits per heavy atom. The maximum absolute atomic E-state index is 13.9. The lowest BCUT2D eigenvalue weighted by atomic mass is 10.0. The van der Waals surface area contributed by atoms with Gasteiger partial charge in [0.15, 0.2) is 0 Å². The standard InChI is InChI=1S/C20H16ClFN4/c1-11-15(22)6-5-14(18(11)21)19-20(26-8-2-3-17(26)24-19)12-4-7-16-13(9-12)10-23-25-16/h4-7,9-10H,2-3,8H2,1H3,(H,23,25). The molecule has 0 unspecified atom stereocenters. The maximum Gasteiger partial charge on any atom is 0.127 e. The Hall–Kier alpha value is -2.66. The number of aryl methyl sites for hydroxylation is 1. The molecule has 0 saturated heterocycles. The van der Waals surface area contributed by atoms with Crippen LogP contribution in [-0.2, 0) is 13.0 Å². The summed E-state index contributed by atoms with van der Waals surface area (Å²) in [5, 5.41) is 8.55. The second kappa shape index (κ2) is 5.68. The van der Waals surface area contributed by atoms with Crippen LogP contribution in [0.4, 0.5) is 4.39 Å². The SMILES string of the molecule is Cc1c(F)ccc(-c2nc3n(c2-c2ccc4[nH]ncc4c2)CCC3)c1Cl. The number of halogens is 2. The lowest BCUT2D eigenvalue weighted by Gasteiger charge is -2.11. The zero-order valence-corrected chi connectivity index (χ0v) is 14.9. The molecule has 0 fully saturated rings. The molecule has 4 nitrogen and oxygen atoms in total. The zero-order chi connectivity index (χ0) is 17.8. The summed E-state index contributed by atoms with van der Waals surface area (Å²) in [4.78, 5) is 4.87. The van der Waals surface area contributed by atoms with E-state index in [4.69, 9.17) is 16.6 Å². The quantitative estimate of drug-likeness (QED) is 0.534. The minimum atomic E-state index is -0.299. The van der Waals surface area contributed by atoms with E-state index in [0.717, 1.165) is 58.6 Å². The van der Waals surface area contributed by atoms with Gasteiger partial charge in [-0.15, -0.1) is 0 Å². The number of hydrogen-bond acceptors (Lipinski definition) is 2. The van der Waals surface area contributed by atoms with E-state index in [-0.39, 0.29) is 5.82 Å². The molecule has 6 heteroatoms. The summed E-state index contributed by atoms with van der Waals surface area (Å²) in [7, 11) is 0. The third-order valence-electron chi connectivity index (χ3n) is 5.12. The van der Waals surface area contributed by atoms with Crippen molar-refractivity contribution >= 4 is 22.5 Å². The Bertz CT molecular complexity index is 1160. The van der Waals surface area contributed by atoms with E-state index < -0.39 is 0 Å². The first-order valence-corrected chi connectivity index (χ1v) is 8.99. The number of fused-ring (bicyclic) bond motifs is 2. The maximum atomic E-state index is 13.9. The number of imidazole rings is 1. The third kappa shape index (κ3) is 2.20. The van der Waals surface area contributed by atoms with Gasteiger partial charge in [0.1, 0.15) is 11.6 Å². The first-order chi connectivity index (χ1) is 12.6. The second-order valence-electron chi connectivity index (χ2n) is 6.69. The molecule has 0 aliphatic carbocycles. The Morgan fingerprint density at radius 1 is 1.23 bits per heavy atom. The van der Waals surface area contributed by atoms with Crippen molar-refractivity contribution in [3.8, 4) is 22.5 Å². The van der Waals surface area contributed by atoms with Crippen LogP contribution in [0.2, 0.25) is 5.02 Å². The summed E-state index contributed by atoms with van der Waals surface area (Å²) >= 11 is 6.49. The van der Waals surface area contributed by atoms with E-state index in [1.807, 2.05) is 12.3 Å². The van der Waals surface area contributed by atoms with Gasteiger partial charge in [0.2, 0.25) is 0 Å². The van der Waals surface area contributed by atoms with E-state index in [0.29, 0.717) is 10.6 Å². The molecule has 4 aromatic rings. The molecule has 0 atom stereocenters. The van der Waals surface area contributed by atoms with E-state index in [1.54, 1.807) is 13.0 Å². The van der Waals surface area contributed by atoms with E-state index in [9.17, 15) is 4.39 Å². The lowest BCUT2D eigenvalue weighted by Crippen LogP contribution is -1.97. The predicted molar refractivity (Wildman–Crippen MR) is 101 cm³/mol. The lowest BCUT2D eigenvalue weighted by molar-refractivity contribution is 0.619. The van der Waals surface area contributed by atoms with Gasteiger partial charge < -0.3 is 4.57 Å². The Morgan fingerprint density at radius 3 is 3.00 bits per heavy atom. The minimum absolute atomic E-state index is 0.299. The first-order valence-electron chi connectivity index (χ1n) is 8.61. The number of rotatable bonds is 2. The number of aromatic nitrogens is 4. The van der Waals surface area contributed by atoms with Crippen molar-refractivity contribution in [1.29, 1.82) is 0 Å². The fourth-order valence-corrected chi connectivity index (χ4v) is 3.98. The number of aromatic amines is 1. The van der Waals surface area contributed by atoms with Crippen LogP contribution < -0.4 is 0 Å². The molecule has 0 bridgehead atoms. The molecule has 130 valence electrons. The fraction of sp³-hybridized carbons (Fsp3) is 0.200. The van der Waals surface area contributed by atoms with Crippen molar-refractivity contribution in [2.75, 3.05) is 0 Å². The molecule has 5 rings (SSSR count). The predicted octanol–water partition coefficient (Wildman–Crippen LogP) is 5.14. The van der Waals surface area contributed by atoms with Crippen molar-refractivity contribution in [3.05, 3.63) is 58.8 Å². The molecule has 0 radical (unpaired) electrons. The van der Waals surface area contributed by atoms with Crippen molar-refractivity contribution in [2.24, 2.45) is 0 Å². The van der Waals surface area contributed by atoms with Crippen molar-refractivity contribution in [1.82, 2.24) is 19.7 Å². The van der Waals surface area contributed by atoms with Gasteiger partial charge in [-0.25, -0.2) is 9.37 Å². The van der Waals surface area contributed by atoms with Crippen molar-refractivity contribution < 1.29 is 4.39 Å². The van der Waals surface area contributed by atoms with Crippen LogP contribution in [0.25, 0.3) is 33.4 Å². The summed E-state index contributed by atoms with van der Waals surface area (Å²) in [6.45, 7) is 2.63. The highest BCUT2D eigenvalue weighted by molar-refractivity contribution is 6.34. The molecular formula is C20H16ClFN4. The number of H-pyrrole nitrogens is 1. The zero-order valence-electron chi connectivity index (χ0n) is 14.2. The average Bonchev–Trinajstić information content (AvgIpc) is 3.34. The summed E-state index contributed by atoms with van der Waals surface area (Å²) in [6.07, 6.45) is 3.84. The van der Waals surface area contributed by atoms with E-state index in [2.05, 4.69) is 26.9 Å². The van der Waals surface area contributed by atoms with Gasteiger partial charge >= 0.3 is 0 Å². The monoisotopic (exact) mass is 366 g/mol.